The number of nitrogens with zero attached hydrogens (tertiary/aromatic N) is 3. The summed E-state index contributed by atoms with van der Waals surface area (Å²) in [6.07, 6.45) is -0.345. The molecule has 2 unspecified atom stereocenters. The average molecular weight is 410 g/mol. The number of thioether (sulfide) groups is 1. The maximum absolute atomic E-state index is 12.8. The summed E-state index contributed by atoms with van der Waals surface area (Å²) in [7, 11) is 1.88. The lowest BCUT2D eigenvalue weighted by Gasteiger charge is -2.25. The zero-order valence-corrected chi connectivity index (χ0v) is 17.7. The van der Waals surface area contributed by atoms with Crippen LogP contribution in [-0.4, -0.2) is 32.4 Å². The second kappa shape index (κ2) is 7.91. The number of hydrogen-bond donors (Lipinski definition) is 0. The number of rotatable bonds is 5. The number of carbonyl (C=O) groups excluding carboxylic acids is 1. The minimum atomic E-state index is -0.345. The first-order valence-electron chi connectivity index (χ1n) is 9.50. The standard InChI is InChI=1S/C22H23N3O3S/c1-13-9-10-16(11-14(13)2)20(26)15(3)29-22-24-23-21(25(22)4)19-12-27-17-7-5-6-8-18(17)28-19/h5-11,15,19H,12H2,1-4H3. The van der Waals surface area contributed by atoms with E-state index in [1.807, 2.05) is 74.9 Å². The third-order valence-electron chi connectivity index (χ3n) is 5.11. The highest BCUT2D eigenvalue weighted by Crippen LogP contribution is 2.36. The zero-order chi connectivity index (χ0) is 20.5. The Bertz CT molecular complexity index is 1060. The summed E-state index contributed by atoms with van der Waals surface area (Å²) in [6, 6.07) is 13.4. The predicted octanol–water partition coefficient (Wildman–Crippen LogP) is 4.31. The molecule has 1 aliphatic rings. The van der Waals surface area contributed by atoms with E-state index in [1.54, 1.807) is 0 Å². The third kappa shape index (κ3) is 3.87. The Labute approximate surface area is 174 Å². The van der Waals surface area contributed by atoms with Gasteiger partial charge in [0.15, 0.2) is 34.4 Å². The van der Waals surface area contributed by atoms with Crippen LogP contribution in [0.3, 0.4) is 0 Å². The van der Waals surface area contributed by atoms with Crippen LogP contribution in [0.1, 0.15) is 40.3 Å². The van der Waals surface area contributed by atoms with Crippen LogP contribution in [0, 0.1) is 13.8 Å². The second-order valence-electron chi connectivity index (χ2n) is 7.19. The number of ether oxygens (including phenoxy) is 2. The van der Waals surface area contributed by atoms with Gasteiger partial charge >= 0.3 is 0 Å². The zero-order valence-electron chi connectivity index (χ0n) is 16.9. The van der Waals surface area contributed by atoms with Crippen molar-refractivity contribution in [1.82, 2.24) is 14.8 Å². The van der Waals surface area contributed by atoms with Gasteiger partial charge in [-0.2, -0.15) is 0 Å². The second-order valence-corrected chi connectivity index (χ2v) is 8.50. The van der Waals surface area contributed by atoms with Crippen molar-refractivity contribution in [2.24, 2.45) is 7.05 Å². The smallest absolute Gasteiger partial charge is 0.192 e. The lowest BCUT2D eigenvalue weighted by molar-refractivity contribution is 0.0825. The van der Waals surface area contributed by atoms with E-state index in [0.717, 1.165) is 16.9 Å². The van der Waals surface area contributed by atoms with E-state index in [2.05, 4.69) is 10.2 Å². The van der Waals surface area contributed by atoms with Gasteiger partial charge in [-0.1, -0.05) is 36.0 Å². The van der Waals surface area contributed by atoms with Crippen LogP contribution in [0.15, 0.2) is 47.6 Å². The first-order chi connectivity index (χ1) is 13.9. The minimum absolute atomic E-state index is 0.0776. The molecule has 1 aromatic heterocycles. The summed E-state index contributed by atoms with van der Waals surface area (Å²) in [5, 5.41) is 8.97. The number of benzene rings is 2. The van der Waals surface area contributed by atoms with Gasteiger partial charge in [0.1, 0.15) is 6.61 Å². The lowest BCUT2D eigenvalue weighted by Crippen LogP contribution is -2.24. The van der Waals surface area contributed by atoms with E-state index in [9.17, 15) is 4.79 Å². The first-order valence-corrected chi connectivity index (χ1v) is 10.4. The maximum Gasteiger partial charge on any atom is 0.192 e. The molecular weight excluding hydrogens is 386 g/mol. The summed E-state index contributed by atoms with van der Waals surface area (Å²) in [5.41, 5.74) is 3.01. The lowest BCUT2D eigenvalue weighted by atomic mass is 10.0. The molecule has 150 valence electrons. The van der Waals surface area contributed by atoms with Gasteiger partial charge in [-0.15, -0.1) is 10.2 Å². The van der Waals surface area contributed by atoms with E-state index in [4.69, 9.17) is 9.47 Å². The summed E-state index contributed by atoms with van der Waals surface area (Å²) in [6.45, 7) is 6.32. The quantitative estimate of drug-likeness (QED) is 0.462. The van der Waals surface area contributed by atoms with Gasteiger partial charge in [-0.05, 0) is 50.1 Å². The van der Waals surface area contributed by atoms with E-state index in [1.165, 1.54) is 17.3 Å². The van der Waals surface area contributed by atoms with Crippen molar-refractivity contribution < 1.29 is 14.3 Å². The van der Waals surface area contributed by atoms with Crippen molar-refractivity contribution in [2.75, 3.05) is 6.61 Å². The molecule has 2 atom stereocenters. The van der Waals surface area contributed by atoms with Crippen LogP contribution in [-0.2, 0) is 7.05 Å². The highest BCUT2D eigenvalue weighted by atomic mass is 32.2. The Morgan fingerprint density at radius 3 is 2.66 bits per heavy atom. The molecule has 4 rings (SSSR count). The van der Waals surface area contributed by atoms with Gasteiger partial charge in [-0.3, -0.25) is 4.79 Å². The summed E-state index contributed by atoms with van der Waals surface area (Å²) in [5.74, 6) is 2.18. The van der Waals surface area contributed by atoms with Crippen molar-refractivity contribution in [2.45, 2.75) is 37.3 Å². The highest BCUT2D eigenvalue weighted by molar-refractivity contribution is 8.00. The molecule has 0 fully saturated rings. The molecule has 0 N–H and O–H groups in total. The Morgan fingerprint density at radius 2 is 1.90 bits per heavy atom. The van der Waals surface area contributed by atoms with Gasteiger partial charge in [0.05, 0.1) is 5.25 Å². The number of Topliss-reactive ketones (excluding diaryl/α,β-unsaturated/α-hetero) is 1. The van der Waals surface area contributed by atoms with E-state index in [0.29, 0.717) is 23.3 Å². The Balaban J connectivity index is 1.49. The Hall–Kier alpha value is -2.80. The summed E-state index contributed by atoms with van der Waals surface area (Å²) in [4.78, 5) is 12.8. The fraction of sp³-hybridized carbons (Fsp3) is 0.318. The van der Waals surface area contributed by atoms with Gasteiger partial charge in [0.25, 0.3) is 0 Å². The molecular formula is C22H23N3O3S. The number of carbonyl (C=O) groups is 1. The number of para-hydroxylation sites is 2. The molecule has 0 saturated heterocycles. The Kier molecular flexibility index (Phi) is 5.32. The first kappa shape index (κ1) is 19.5. The number of hydrogen-bond acceptors (Lipinski definition) is 6. The summed E-state index contributed by atoms with van der Waals surface area (Å²) >= 11 is 1.40. The maximum atomic E-state index is 12.8. The largest absolute Gasteiger partial charge is 0.485 e. The molecule has 2 heterocycles. The molecule has 29 heavy (non-hydrogen) atoms. The van der Waals surface area contributed by atoms with Crippen molar-refractivity contribution >= 4 is 17.5 Å². The minimum Gasteiger partial charge on any atom is -0.485 e. The molecule has 0 spiro atoms. The topological polar surface area (TPSA) is 66.2 Å². The SMILES string of the molecule is Cc1ccc(C(=O)C(C)Sc2nnc(C3COc4ccccc4O3)n2C)cc1C. The number of aryl methyl sites for hydroxylation is 2. The van der Waals surface area contributed by atoms with Gasteiger partial charge in [0.2, 0.25) is 0 Å². The number of aromatic nitrogens is 3. The van der Waals surface area contributed by atoms with Crippen LogP contribution >= 0.6 is 11.8 Å². The van der Waals surface area contributed by atoms with Crippen molar-refractivity contribution in [3.8, 4) is 11.5 Å². The van der Waals surface area contributed by atoms with E-state index >= 15 is 0 Å². The fourth-order valence-corrected chi connectivity index (χ4v) is 4.10. The molecule has 7 heteroatoms. The van der Waals surface area contributed by atoms with Gasteiger partial charge < -0.3 is 14.0 Å². The third-order valence-corrected chi connectivity index (χ3v) is 6.24. The number of ketones is 1. The fourth-order valence-electron chi connectivity index (χ4n) is 3.20. The molecule has 2 aromatic carbocycles. The van der Waals surface area contributed by atoms with Gasteiger partial charge in [-0.25, -0.2) is 0 Å². The average Bonchev–Trinajstić information content (AvgIpc) is 3.09. The van der Waals surface area contributed by atoms with Crippen LogP contribution in [0.4, 0.5) is 0 Å². The molecule has 0 amide bonds. The van der Waals surface area contributed by atoms with Crippen molar-refractivity contribution in [1.29, 1.82) is 0 Å². The van der Waals surface area contributed by atoms with E-state index in [-0.39, 0.29) is 17.1 Å². The normalized spacial score (nSPS) is 16.5. The molecule has 3 aromatic rings. The van der Waals surface area contributed by atoms with Crippen LogP contribution in [0.25, 0.3) is 0 Å². The molecule has 0 aliphatic carbocycles. The van der Waals surface area contributed by atoms with Crippen LogP contribution in [0.2, 0.25) is 0 Å². The molecule has 0 saturated carbocycles. The van der Waals surface area contributed by atoms with Crippen molar-refractivity contribution in [3.05, 3.63) is 65.0 Å². The van der Waals surface area contributed by atoms with Crippen molar-refractivity contribution in [3.63, 3.8) is 0 Å². The van der Waals surface area contributed by atoms with E-state index < -0.39 is 0 Å². The number of fused-ring (bicyclic) bond motifs is 1. The van der Waals surface area contributed by atoms with Crippen LogP contribution in [0.5, 0.6) is 11.5 Å². The predicted molar refractivity (Wildman–Crippen MR) is 112 cm³/mol. The molecule has 0 radical (unpaired) electrons. The van der Waals surface area contributed by atoms with Crippen LogP contribution < -0.4 is 9.47 Å². The molecule has 0 bridgehead atoms. The van der Waals surface area contributed by atoms with Gasteiger partial charge in [0, 0.05) is 12.6 Å². The molecule has 1 aliphatic heterocycles. The highest BCUT2D eigenvalue weighted by Gasteiger charge is 2.28. The molecule has 6 nitrogen and oxygen atoms in total. The Morgan fingerprint density at radius 1 is 1.14 bits per heavy atom. The summed E-state index contributed by atoms with van der Waals surface area (Å²) < 4.78 is 13.7. The monoisotopic (exact) mass is 409 g/mol.